The lowest BCUT2D eigenvalue weighted by Gasteiger charge is -2.40. The summed E-state index contributed by atoms with van der Waals surface area (Å²) in [6.07, 6.45) is -0.316. The SMILES string of the molecule is CC(C)(C)OC(=O)N1CC(NC(=O)C(C)(C)C)C1. The van der Waals surface area contributed by atoms with Gasteiger partial charge in [-0.2, -0.15) is 0 Å². The summed E-state index contributed by atoms with van der Waals surface area (Å²) in [7, 11) is 0. The van der Waals surface area contributed by atoms with Crippen molar-refractivity contribution in [2.45, 2.75) is 53.2 Å². The first-order valence-electron chi connectivity index (χ1n) is 6.28. The van der Waals surface area contributed by atoms with Gasteiger partial charge in [-0.1, -0.05) is 20.8 Å². The zero-order valence-electron chi connectivity index (χ0n) is 12.2. The number of likely N-dealkylation sites (tertiary alicyclic amines) is 1. The van der Waals surface area contributed by atoms with Crippen LogP contribution in [-0.4, -0.2) is 41.6 Å². The van der Waals surface area contributed by atoms with Gasteiger partial charge in [-0.25, -0.2) is 4.79 Å². The summed E-state index contributed by atoms with van der Waals surface area (Å²) >= 11 is 0. The normalized spacial score (nSPS) is 17.1. The van der Waals surface area contributed by atoms with Crippen LogP contribution in [0.3, 0.4) is 0 Å². The third-order valence-corrected chi connectivity index (χ3v) is 2.55. The van der Waals surface area contributed by atoms with Crippen LogP contribution in [0.2, 0.25) is 0 Å². The Kier molecular flexibility index (Phi) is 3.93. The standard InChI is InChI=1S/C13H24N2O3/c1-12(2,3)10(16)14-9-7-15(8-9)11(17)18-13(4,5)6/h9H,7-8H2,1-6H3,(H,14,16). The van der Waals surface area contributed by atoms with Crippen LogP contribution in [0.15, 0.2) is 0 Å². The average Bonchev–Trinajstić information content (AvgIpc) is 2.04. The Morgan fingerprint density at radius 2 is 1.61 bits per heavy atom. The molecule has 0 radical (unpaired) electrons. The molecule has 1 rings (SSSR count). The summed E-state index contributed by atoms with van der Waals surface area (Å²) in [6.45, 7) is 12.2. The first-order chi connectivity index (χ1) is 7.99. The van der Waals surface area contributed by atoms with E-state index in [-0.39, 0.29) is 18.0 Å². The average molecular weight is 256 g/mol. The van der Waals surface area contributed by atoms with E-state index in [0.717, 1.165) is 0 Å². The van der Waals surface area contributed by atoms with Crippen LogP contribution in [0.4, 0.5) is 4.79 Å². The summed E-state index contributed by atoms with van der Waals surface area (Å²) in [4.78, 5) is 25.0. The summed E-state index contributed by atoms with van der Waals surface area (Å²) in [5, 5.41) is 2.92. The van der Waals surface area contributed by atoms with Crippen molar-refractivity contribution >= 4 is 12.0 Å². The maximum Gasteiger partial charge on any atom is 0.410 e. The van der Waals surface area contributed by atoms with Crippen LogP contribution in [-0.2, 0) is 9.53 Å². The zero-order valence-corrected chi connectivity index (χ0v) is 12.2. The molecule has 1 aliphatic rings. The number of nitrogens with zero attached hydrogens (tertiary/aromatic N) is 1. The molecule has 0 aromatic heterocycles. The molecular formula is C13H24N2O3. The molecule has 0 aromatic rings. The van der Waals surface area contributed by atoms with Crippen LogP contribution in [0.5, 0.6) is 0 Å². The number of carbonyl (C=O) groups is 2. The predicted octanol–water partition coefficient (Wildman–Crippen LogP) is 1.77. The van der Waals surface area contributed by atoms with E-state index >= 15 is 0 Å². The third-order valence-electron chi connectivity index (χ3n) is 2.55. The van der Waals surface area contributed by atoms with Crippen LogP contribution in [0.25, 0.3) is 0 Å². The lowest BCUT2D eigenvalue weighted by atomic mass is 9.94. The monoisotopic (exact) mass is 256 g/mol. The highest BCUT2D eigenvalue weighted by Gasteiger charge is 2.36. The molecule has 0 saturated carbocycles. The zero-order chi connectivity index (χ0) is 14.1. The van der Waals surface area contributed by atoms with Crippen LogP contribution in [0.1, 0.15) is 41.5 Å². The molecule has 0 aromatic carbocycles. The number of nitrogens with one attached hydrogen (secondary N) is 1. The molecule has 0 spiro atoms. The molecule has 1 heterocycles. The van der Waals surface area contributed by atoms with E-state index in [1.807, 2.05) is 41.5 Å². The Morgan fingerprint density at radius 1 is 1.11 bits per heavy atom. The number of amides is 2. The van der Waals surface area contributed by atoms with Gasteiger partial charge in [-0.15, -0.1) is 0 Å². The second-order valence-corrected chi connectivity index (χ2v) is 6.81. The van der Waals surface area contributed by atoms with E-state index in [0.29, 0.717) is 13.1 Å². The first-order valence-corrected chi connectivity index (χ1v) is 6.28. The van der Waals surface area contributed by atoms with Crippen molar-refractivity contribution in [1.82, 2.24) is 10.2 Å². The van der Waals surface area contributed by atoms with Gasteiger partial charge in [0.25, 0.3) is 0 Å². The van der Waals surface area contributed by atoms with Crippen LogP contribution in [0, 0.1) is 5.41 Å². The second-order valence-electron chi connectivity index (χ2n) is 6.81. The Labute approximate surface area is 109 Å². The molecule has 0 aliphatic carbocycles. The highest BCUT2D eigenvalue weighted by Crippen LogP contribution is 2.17. The van der Waals surface area contributed by atoms with E-state index in [9.17, 15) is 9.59 Å². The molecule has 2 amide bonds. The van der Waals surface area contributed by atoms with Crippen molar-refractivity contribution < 1.29 is 14.3 Å². The summed E-state index contributed by atoms with van der Waals surface area (Å²) in [6, 6.07) is 0.0456. The number of carbonyl (C=O) groups excluding carboxylic acids is 2. The van der Waals surface area contributed by atoms with Gasteiger partial charge in [-0.05, 0) is 20.8 Å². The minimum absolute atomic E-state index is 0.0105. The van der Waals surface area contributed by atoms with E-state index in [1.165, 1.54) is 0 Å². The minimum Gasteiger partial charge on any atom is -0.444 e. The van der Waals surface area contributed by atoms with Crippen molar-refractivity contribution in [1.29, 1.82) is 0 Å². The molecule has 1 N–H and O–H groups in total. The molecule has 1 saturated heterocycles. The van der Waals surface area contributed by atoms with Crippen molar-refractivity contribution in [2.24, 2.45) is 5.41 Å². The summed E-state index contributed by atoms with van der Waals surface area (Å²) in [5.41, 5.74) is -0.872. The molecular weight excluding hydrogens is 232 g/mol. The van der Waals surface area contributed by atoms with Gasteiger partial charge in [0.05, 0.1) is 6.04 Å². The minimum atomic E-state index is -0.475. The van der Waals surface area contributed by atoms with Gasteiger partial charge >= 0.3 is 6.09 Å². The fourth-order valence-electron chi connectivity index (χ4n) is 1.45. The van der Waals surface area contributed by atoms with Crippen LogP contribution >= 0.6 is 0 Å². The highest BCUT2D eigenvalue weighted by molar-refractivity contribution is 5.82. The maximum absolute atomic E-state index is 11.7. The maximum atomic E-state index is 11.7. The molecule has 1 aliphatic heterocycles. The fraction of sp³-hybridized carbons (Fsp3) is 0.846. The van der Waals surface area contributed by atoms with Gasteiger partial charge < -0.3 is 15.0 Å². The van der Waals surface area contributed by atoms with Crippen molar-refractivity contribution in [2.75, 3.05) is 13.1 Å². The lowest BCUT2D eigenvalue weighted by molar-refractivity contribution is -0.130. The molecule has 5 nitrogen and oxygen atoms in total. The fourth-order valence-corrected chi connectivity index (χ4v) is 1.45. The Hall–Kier alpha value is -1.26. The van der Waals surface area contributed by atoms with Crippen molar-refractivity contribution in [3.05, 3.63) is 0 Å². The van der Waals surface area contributed by atoms with E-state index < -0.39 is 11.0 Å². The van der Waals surface area contributed by atoms with Gasteiger partial charge in [0, 0.05) is 18.5 Å². The topological polar surface area (TPSA) is 58.6 Å². The number of hydrogen-bond donors (Lipinski definition) is 1. The van der Waals surface area contributed by atoms with E-state index in [4.69, 9.17) is 4.74 Å². The predicted molar refractivity (Wildman–Crippen MR) is 69.2 cm³/mol. The van der Waals surface area contributed by atoms with Crippen molar-refractivity contribution in [3.63, 3.8) is 0 Å². The number of rotatable bonds is 1. The van der Waals surface area contributed by atoms with Gasteiger partial charge in [0.1, 0.15) is 5.60 Å². The molecule has 0 unspecified atom stereocenters. The van der Waals surface area contributed by atoms with Gasteiger partial charge in [0.2, 0.25) is 5.91 Å². The van der Waals surface area contributed by atoms with E-state index in [1.54, 1.807) is 4.90 Å². The number of hydrogen-bond acceptors (Lipinski definition) is 3. The Morgan fingerprint density at radius 3 is 2.00 bits per heavy atom. The van der Waals surface area contributed by atoms with Gasteiger partial charge in [-0.3, -0.25) is 4.79 Å². The molecule has 1 fully saturated rings. The molecule has 18 heavy (non-hydrogen) atoms. The van der Waals surface area contributed by atoms with E-state index in [2.05, 4.69) is 5.32 Å². The Balaban J connectivity index is 2.33. The second kappa shape index (κ2) is 4.78. The molecule has 0 bridgehead atoms. The third kappa shape index (κ3) is 4.20. The lowest BCUT2D eigenvalue weighted by Crippen LogP contribution is -2.62. The molecule has 5 heteroatoms. The summed E-state index contributed by atoms with van der Waals surface area (Å²) in [5.74, 6) is 0.0105. The van der Waals surface area contributed by atoms with Crippen molar-refractivity contribution in [3.8, 4) is 0 Å². The number of ether oxygens (including phenoxy) is 1. The van der Waals surface area contributed by atoms with Gasteiger partial charge in [0.15, 0.2) is 0 Å². The van der Waals surface area contributed by atoms with Crippen LogP contribution < -0.4 is 5.32 Å². The molecule has 104 valence electrons. The molecule has 0 atom stereocenters. The quantitative estimate of drug-likeness (QED) is 0.778. The largest absolute Gasteiger partial charge is 0.444 e. The smallest absolute Gasteiger partial charge is 0.410 e. The first kappa shape index (κ1) is 14.8. The Bertz CT molecular complexity index is 333. The highest BCUT2D eigenvalue weighted by atomic mass is 16.6. The summed E-state index contributed by atoms with van der Waals surface area (Å²) < 4.78 is 5.24.